The summed E-state index contributed by atoms with van der Waals surface area (Å²) in [4.78, 5) is 15.6. The number of nitrogens with one attached hydrogen (secondary N) is 2. The first kappa shape index (κ1) is 12.1. The van der Waals surface area contributed by atoms with E-state index in [4.69, 9.17) is 4.74 Å². The molecule has 1 unspecified atom stereocenters. The number of amides is 1. The molecule has 0 spiro atoms. The second-order valence-electron chi connectivity index (χ2n) is 3.77. The summed E-state index contributed by atoms with van der Waals surface area (Å²) in [6.07, 6.45) is 1.29. The summed E-state index contributed by atoms with van der Waals surface area (Å²) < 4.78 is 5.25. The zero-order valence-corrected chi connectivity index (χ0v) is 10.2. The number of carbonyl (C=O) groups excluding carboxylic acids is 1. The maximum atomic E-state index is 11.8. The normalized spacial score (nSPS) is 11.9. The highest BCUT2D eigenvalue weighted by atomic mass is 16.5. The molecule has 1 heterocycles. The highest BCUT2D eigenvalue weighted by Gasteiger charge is 2.16. The van der Waals surface area contributed by atoms with Gasteiger partial charge in [-0.25, -0.2) is 4.98 Å². The number of hydrogen-bond donors (Lipinski definition) is 2. The van der Waals surface area contributed by atoms with Gasteiger partial charge in [0.2, 0.25) is 5.82 Å². The van der Waals surface area contributed by atoms with Crippen molar-refractivity contribution in [3.8, 4) is 5.75 Å². The number of nitrogens with zero attached hydrogens (tertiary/aromatic N) is 2. The lowest BCUT2D eigenvalue weighted by atomic mass is 10.1. The minimum absolute atomic E-state index is 0.182. The number of methoxy groups -OCH3 is 1. The van der Waals surface area contributed by atoms with Gasteiger partial charge in [-0.1, -0.05) is 18.2 Å². The first-order valence-electron chi connectivity index (χ1n) is 5.51. The molecule has 0 saturated heterocycles. The van der Waals surface area contributed by atoms with Crippen molar-refractivity contribution in [1.82, 2.24) is 20.5 Å². The summed E-state index contributed by atoms with van der Waals surface area (Å²) in [5.74, 6) is 0.630. The van der Waals surface area contributed by atoms with Crippen LogP contribution < -0.4 is 10.1 Å². The number of aromatic amines is 1. The van der Waals surface area contributed by atoms with Crippen molar-refractivity contribution in [1.29, 1.82) is 0 Å². The van der Waals surface area contributed by atoms with Crippen molar-refractivity contribution in [3.63, 3.8) is 0 Å². The van der Waals surface area contributed by atoms with Crippen LogP contribution in [0.15, 0.2) is 30.6 Å². The molecule has 2 aromatic rings. The molecule has 0 radical (unpaired) electrons. The van der Waals surface area contributed by atoms with E-state index < -0.39 is 0 Å². The van der Waals surface area contributed by atoms with E-state index in [0.29, 0.717) is 0 Å². The van der Waals surface area contributed by atoms with Gasteiger partial charge in [0.1, 0.15) is 12.1 Å². The maximum Gasteiger partial charge on any atom is 0.289 e. The molecule has 1 amide bonds. The zero-order chi connectivity index (χ0) is 13.0. The van der Waals surface area contributed by atoms with Crippen molar-refractivity contribution < 1.29 is 9.53 Å². The van der Waals surface area contributed by atoms with E-state index in [0.717, 1.165) is 11.3 Å². The Hall–Kier alpha value is -2.37. The number of hydrogen-bond acceptors (Lipinski definition) is 4. The smallest absolute Gasteiger partial charge is 0.289 e. The van der Waals surface area contributed by atoms with Gasteiger partial charge in [-0.05, 0) is 13.0 Å². The van der Waals surface area contributed by atoms with E-state index in [9.17, 15) is 4.79 Å². The van der Waals surface area contributed by atoms with Crippen LogP contribution in [0, 0.1) is 0 Å². The van der Waals surface area contributed by atoms with Crippen molar-refractivity contribution in [2.45, 2.75) is 13.0 Å². The topological polar surface area (TPSA) is 79.9 Å². The Balaban J connectivity index is 2.12. The summed E-state index contributed by atoms with van der Waals surface area (Å²) in [5.41, 5.74) is 0.910. The number of H-pyrrole nitrogens is 1. The Kier molecular flexibility index (Phi) is 3.57. The Labute approximate surface area is 104 Å². The summed E-state index contributed by atoms with van der Waals surface area (Å²) >= 11 is 0. The van der Waals surface area contributed by atoms with Gasteiger partial charge in [0.15, 0.2) is 0 Å². The highest BCUT2D eigenvalue weighted by molar-refractivity contribution is 5.90. The predicted octanol–water partition coefficient (Wildman–Crippen LogP) is 1.30. The van der Waals surface area contributed by atoms with Crippen LogP contribution in [0.2, 0.25) is 0 Å². The number of carbonyl (C=O) groups is 1. The van der Waals surface area contributed by atoms with Crippen LogP contribution in [-0.2, 0) is 0 Å². The molecule has 18 heavy (non-hydrogen) atoms. The zero-order valence-electron chi connectivity index (χ0n) is 10.2. The fraction of sp³-hybridized carbons (Fsp3) is 0.250. The summed E-state index contributed by atoms with van der Waals surface area (Å²) in [5, 5.41) is 8.97. The standard InChI is InChI=1S/C12H14N4O2/c1-8(9-5-3-4-6-10(9)18-2)15-12(17)11-13-7-14-16-11/h3-8H,1-2H3,(H,15,17)(H,13,14,16). The minimum Gasteiger partial charge on any atom is -0.496 e. The van der Waals surface area contributed by atoms with Crippen LogP contribution in [-0.4, -0.2) is 28.2 Å². The second-order valence-corrected chi connectivity index (χ2v) is 3.77. The summed E-state index contributed by atoms with van der Waals surface area (Å²) in [6.45, 7) is 1.88. The second kappa shape index (κ2) is 5.31. The lowest BCUT2D eigenvalue weighted by Gasteiger charge is -2.16. The third-order valence-corrected chi connectivity index (χ3v) is 2.58. The first-order chi connectivity index (χ1) is 8.72. The van der Waals surface area contributed by atoms with Crippen LogP contribution in [0.5, 0.6) is 5.75 Å². The highest BCUT2D eigenvalue weighted by Crippen LogP contribution is 2.24. The minimum atomic E-state index is -0.300. The summed E-state index contributed by atoms with van der Waals surface area (Å²) in [7, 11) is 1.60. The molecule has 2 rings (SSSR count). The average Bonchev–Trinajstić information content (AvgIpc) is 2.92. The lowest BCUT2D eigenvalue weighted by Crippen LogP contribution is -2.27. The molecule has 1 aromatic heterocycles. The van der Waals surface area contributed by atoms with Gasteiger partial charge >= 0.3 is 0 Å². The average molecular weight is 246 g/mol. The van der Waals surface area contributed by atoms with Gasteiger partial charge in [0, 0.05) is 5.56 Å². The predicted molar refractivity (Wildman–Crippen MR) is 65.3 cm³/mol. The van der Waals surface area contributed by atoms with E-state index in [1.807, 2.05) is 31.2 Å². The molecule has 0 fully saturated rings. The van der Waals surface area contributed by atoms with Crippen molar-refractivity contribution in [3.05, 3.63) is 42.0 Å². The van der Waals surface area contributed by atoms with Crippen molar-refractivity contribution >= 4 is 5.91 Å². The molecule has 0 aliphatic heterocycles. The Morgan fingerprint density at radius 2 is 2.22 bits per heavy atom. The van der Waals surface area contributed by atoms with E-state index in [1.54, 1.807) is 7.11 Å². The third-order valence-electron chi connectivity index (χ3n) is 2.58. The molecule has 0 aliphatic rings. The molecule has 6 nitrogen and oxygen atoms in total. The fourth-order valence-corrected chi connectivity index (χ4v) is 1.68. The van der Waals surface area contributed by atoms with Crippen molar-refractivity contribution in [2.24, 2.45) is 0 Å². The molecule has 0 bridgehead atoms. The van der Waals surface area contributed by atoms with Gasteiger partial charge in [-0.15, -0.1) is 0 Å². The number of benzene rings is 1. The van der Waals surface area contributed by atoms with E-state index >= 15 is 0 Å². The van der Waals surface area contributed by atoms with E-state index in [-0.39, 0.29) is 17.8 Å². The van der Waals surface area contributed by atoms with Gasteiger partial charge in [0.05, 0.1) is 13.2 Å². The molecule has 1 atom stereocenters. The molecule has 0 saturated carbocycles. The van der Waals surface area contributed by atoms with Gasteiger partial charge < -0.3 is 10.1 Å². The monoisotopic (exact) mass is 246 g/mol. The van der Waals surface area contributed by atoms with Gasteiger partial charge in [0.25, 0.3) is 5.91 Å². The quantitative estimate of drug-likeness (QED) is 0.852. The molecule has 6 heteroatoms. The molecule has 0 aliphatic carbocycles. The van der Waals surface area contributed by atoms with E-state index in [2.05, 4.69) is 20.5 Å². The van der Waals surface area contributed by atoms with E-state index in [1.165, 1.54) is 6.33 Å². The van der Waals surface area contributed by atoms with Crippen LogP contribution in [0.1, 0.15) is 29.1 Å². The Morgan fingerprint density at radius 1 is 1.44 bits per heavy atom. The number of rotatable bonds is 4. The van der Waals surface area contributed by atoms with Crippen LogP contribution in [0.25, 0.3) is 0 Å². The largest absolute Gasteiger partial charge is 0.496 e. The Bertz CT molecular complexity index is 525. The van der Waals surface area contributed by atoms with Crippen LogP contribution in [0.4, 0.5) is 0 Å². The summed E-state index contributed by atoms with van der Waals surface area (Å²) in [6, 6.07) is 7.36. The molecular weight excluding hydrogens is 232 g/mol. The van der Waals surface area contributed by atoms with Gasteiger partial charge in [-0.2, -0.15) is 5.10 Å². The number of ether oxygens (including phenoxy) is 1. The maximum absolute atomic E-state index is 11.8. The number of para-hydroxylation sites is 1. The number of aromatic nitrogens is 3. The fourth-order valence-electron chi connectivity index (χ4n) is 1.68. The molecule has 94 valence electrons. The lowest BCUT2D eigenvalue weighted by molar-refractivity contribution is 0.0929. The molecular formula is C12H14N4O2. The third kappa shape index (κ3) is 2.48. The van der Waals surface area contributed by atoms with Gasteiger partial charge in [-0.3, -0.25) is 9.89 Å². The molecule has 2 N–H and O–H groups in total. The SMILES string of the molecule is COc1ccccc1C(C)NC(=O)c1ncn[nH]1. The van der Waals surface area contributed by atoms with Crippen LogP contribution in [0.3, 0.4) is 0 Å². The first-order valence-corrected chi connectivity index (χ1v) is 5.51. The molecule has 1 aromatic carbocycles. The Morgan fingerprint density at radius 3 is 2.89 bits per heavy atom. The van der Waals surface area contributed by atoms with Crippen molar-refractivity contribution in [2.75, 3.05) is 7.11 Å². The van der Waals surface area contributed by atoms with Crippen LogP contribution >= 0.6 is 0 Å².